The van der Waals surface area contributed by atoms with Crippen molar-refractivity contribution < 1.29 is 22.3 Å². The topological polar surface area (TPSA) is 55.8 Å². The molecule has 0 amide bonds. The molecule has 7 heteroatoms. The van der Waals surface area contributed by atoms with Gasteiger partial charge in [-0.3, -0.25) is 0 Å². The minimum atomic E-state index is -3.71. The Labute approximate surface area is 136 Å². The minimum absolute atomic E-state index is 0.000227. The summed E-state index contributed by atoms with van der Waals surface area (Å²) in [6, 6.07) is 5.17. The minimum Gasteiger partial charge on any atom is -0.384 e. The fourth-order valence-corrected chi connectivity index (χ4v) is 5.31. The van der Waals surface area contributed by atoms with Crippen LogP contribution in [0.5, 0.6) is 0 Å². The fourth-order valence-electron chi connectivity index (χ4n) is 3.73. The van der Waals surface area contributed by atoms with Crippen LogP contribution in [0.2, 0.25) is 0 Å². The van der Waals surface area contributed by atoms with Gasteiger partial charge in [0, 0.05) is 32.2 Å². The van der Waals surface area contributed by atoms with Gasteiger partial charge >= 0.3 is 0 Å². The zero-order valence-electron chi connectivity index (χ0n) is 13.2. The van der Waals surface area contributed by atoms with Gasteiger partial charge in [-0.15, -0.1) is 0 Å². The average Bonchev–Trinajstić information content (AvgIpc) is 2.54. The van der Waals surface area contributed by atoms with Crippen molar-refractivity contribution in [3.63, 3.8) is 0 Å². The molecule has 2 aliphatic heterocycles. The first-order valence-corrected chi connectivity index (χ1v) is 9.28. The predicted molar refractivity (Wildman–Crippen MR) is 83.1 cm³/mol. The van der Waals surface area contributed by atoms with Gasteiger partial charge in [0.25, 0.3) is 0 Å². The van der Waals surface area contributed by atoms with Crippen molar-refractivity contribution in [3.8, 4) is 0 Å². The highest BCUT2D eigenvalue weighted by atomic mass is 32.2. The number of methoxy groups -OCH3 is 1. The third-order valence-electron chi connectivity index (χ3n) is 4.82. The third-order valence-corrected chi connectivity index (χ3v) is 6.66. The summed E-state index contributed by atoms with van der Waals surface area (Å²) in [5.74, 6) is -0.548. The van der Waals surface area contributed by atoms with Crippen LogP contribution in [0, 0.1) is 11.2 Å². The molecule has 0 radical (unpaired) electrons. The van der Waals surface area contributed by atoms with E-state index >= 15 is 0 Å². The van der Waals surface area contributed by atoms with Gasteiger partial charge in [0.2, 0.25) is 10.0 Å². The van der Waals surface area contributed by atoms with Crippen molar-refractivity contribution in [1.82, 2.24) is 4.31 Å². The lowest BCUT2D eigenvalue weighted by Crippen LogP contribution is -2.57. The SMILES string of the molecule is COC[C@]12CCCO[C@H]1CCN(S(=O)(=O)c1cccc(F)c1)C2. The maximum Gasteiger partial charge on any atom is 0.243 e. The molecular weight excluding hydrogens is 321 g/mol. The summed E-state index contributed by atoms with van der Waals surface area (Å²) in [5.41, 5.74) is -0.314. The van der Waals surface area contributed by atoms with E-state index in [0.717, 1.165) is 18.9 Å². The Balaban J connectivity index is 1.89. The van der Waals surface area contributed by atoms with Gasteiger partial charge in [-0.05, 0) is 37.5 Å². The van der Waals surface area contributed by atoms with Crippen LogP contribution in [0.25, 0.3) is 0 Å². The summed E-state index contributed by atoms with van der Waals surface area (Å²) < 4.78 is 51.8. The second-order valence-electron chi connectivity index (χ2n) is 6.34. The van der Waals surface area contributed by atoms with E-state index in [2.05, 4.69) is 0 Å². The number of hydrogen-bond acceptors (Lipinski definition) is 4. The molecule has 2 heterocycles. The van der Waals surface area contributed by atoms with Crippen LogP contribution in [-0.2, 0) is 19.5 Å². The lowest BCUT2D eigenvalue weighted by atomic mass is 9.73. The van der Waals surface area contributed by atoms with Gasteiger partial charge in [-0.25, -0.2) is 12.8 Å². The molecule has 0 aliphatic carbocycles. The second-order valence-corrected chi connectivity index (χ2v) is 8.28. The monoisotopic (exact) mass is 343 g/mol. The Kier molecular flexibility index (Phi) is 4.73. The van der Waals surface area contributed by atoms with Gasteiger partial charge in [-0.2, -0.15) is 4.31 Å². The maximum absolute atomic E-state index is 13.4. The normalized spacial score (nSPS) is 29.2. The molecule has 0 unspecified atom stereocenters. The molecule has 0 N–H and O–H groups in total. The number of piperidine rings is 1. The first-order chi connectivity index (χ1) is 11.0. The summed E-state index contributed by atoms with van der Waals surface area (Å²) in [5, 5.41) is 0. The highest BCUT2D eigenvalue weighted by molar-refractivity contribution is 7.89. The van der Waals surface area contributed by atoms with Gasteiger partial charge in [0.05, 0.1) is 17.6 Å². The highest BCUT2D eigenvalue weighted by Gasteiger charge is 2.48. The quantitative estimate of drug-likeness (QED) is 0.839. The van der Waals surface area contributed by atoms with Crippen LogP contribution in [0.3, 0.4) is 0 Å². The number of nitrogens with zero attached hydrogens (tertiary/aromatic N) is 1. The molecular formula is C16H22FNO4S. The van der Waals surface area contributed by atoms with Crippen LogP contribution in [-0.4, -0.2) is 52.2 Å². The van der Waals surface area contributed by atoms with Crippen molar-refractivity contribution in [1.29, 1.82) is 0 Å². The van der Waals surface area contributed by atoms with E-state index in [-0.39, 0.29) is 16.4 Å². The summed E-state index contributed by atoms with van der Waals surface area (Å²) in [6.07, 6.45) is 2.43. The number of halogens is 1. The summed E-state index contributed by atoms with van der Waals surface area (Å²) >= 11 is 0. The Morgan fingerprint density at radius 2 is 2.30 bits per heavy atom. The van der Waals surface area contributed by atoms with E-state index in [9.17, 15) is 12.8 Å². The molecule has 5 nitrogen and oxygen atoms in total. The predicted octanol–water partition coefficient (Wildman–Crippen LogP) is 2.03. The van der Waals surface area contributed by atoms with Crippen LogP contribution in [0.4, 0.5) is 4.39 Å². The third kappa shape index (κ3) is 3.15. The zero-order valence-corrected chi connectivity index (χ0v) is 14.0. The first-order valence-electron chi connectivity index (χ1n) is 7.84. The average molecular weight is 343 g/mol. The number of benzene rings is 1. The number of ether oxygens (including phenoxy) is 2. The van der Waals surface area contributed by atoms with Crippen LogP contribution in [0.1, 0.15) is 19.3 Å². The molecule has 0 spiro atoms. The number of fused-ring (bicyclic) bond motifs is 1. The van der Waals surface area contributed by atoms with Crippen LogP contribution >= 0.6 is 0 Å². The molecule has 1 aromatic rings. The first kappa shape index (κ1) is 16.8. The molecule has 0 bridgehead atoms. The van der Waals surface area contributed by atoms with Gasteiger partial charge in [0.1, 0.15) is 5.82 Å². The molecule has 0 saturated carbocycles. The number of rotatable bonds is 4. The van der Waals surface area contributed by atoms with Gasteiger partial charge < -0.3 is 9.47 Å². The lowest BCUT2D eigenvalue weighted by Gasteiger charge is -2.49. The van der Waals surface area contributed by atoms with Gasteiger partial charge in [-0.1, -0.05) is 6.07 Å². The zero-order chi connectivity index (χ0) is 16.5. The number of sulfonamides is 1. The Morgan fingerprint density at radius 3 is 3.04 bits per heavy atom. The molecule has 0 aromatic heterocycles. The van der Waals surface area contributed by atoms with E-state index in [0.29, 0.717) is 32.7 Å². The van der Waals surface area contributed by atoms with E-state index in [1.54, 1.807) is 7.11 Å². The highest BCUT2D eigenvalue weighted by Crippen LogP contribution is 2.41. The Bertz CT molecular complexity index is 662. The summed E-state index contributed by atoms with van der Waals surface area (Å²) in [4.78, 5) is 0.000227. The molecule has 2 aliphatic rings. The largest absolute Gasteiger partial charge is 0.384 e. The van der Waals surface area contributed by atoms with E-state index in [1.165, 1.54) is 22.5 Å². The summed E-state index contributed by atoms with van der Waals surface area (Å²) in [7, 11) is -2.08. The van der Waals surface area contributed by atoms with E-state index in [4.69, 9.17) is 9.47 Å². The molecule has 2 saturated heterocycles. The Hall–Kier alpha value is -1.02. The molecule has 23 heavy (non-hydrogen) atoms. The molecule has 1 aromatic carbocycles. The Morgan fingerprint density at radius 1 is 1.48 bits per heavy atom. The van der Waals surface area contributed by atoms with Crippen molar-refractivity contribution in [2.24, 2.45) is 5.41 Å². The molecule has 3 rings (SSSR count). The molecule has 2 atom stereocenters. The van der Waals surface area contributed by atoms with Crippen molar-refractivity contribution in [2.45, 2.75) is 30.3 Å². The second kappa shape index (κ2) is 6.47. The smallest absolute Gasteiger partial charge is 0.243 e. The lowest BCUT2D eigenvalue weighted by molar-refractivity contribution is -0.137. The van der Waals surface area contributed by atoms with Crippen molar-refractivity contribution in [2.75, 3.05) is 33.4 Å². The van der Waals surface area contributed by atoms with E-state index in [1.807, 2.05) is 0 Å². The van der Waals surface area contributed by atoms with Gasteiger partial charge in [0.15, 0.2) is 0 Å². The fraction of sp³-hybridized carbons (Fsp3) is 0.625. The van der Waals surface area contributed by atoms with Crippen molar-refractivity contribution in [3.05, 3.63) is 30.1 Å². The van der Waals surface area contributed by atoms with Crippen LogP contribution in [0.15, 0.2) is 29.2 Å². The number of hydrogen-bond donors (Lipinski definition) is 0. The maximum atomic E-state index is 13.4. The molecule has 2 fully saturated rings. The standard InChI is InChI=1S/C16H22FNO4S/c1-21-12-16-7-3-9-22-15(16)6-8-18(11-16)23(19,20)14-5-2-4-13(17)10-14/h2,4-5,10,15H,3,6-9,11-12H2,1H3/t15-,16+/m0/s1. The summed E-state index contributed by atoms with van der Waals surface area (Å²) in [6.45, 7) is 1.92. The molecule has 128 valence electrons. The van der Waals surface area contributed by atoms with E-state index < -0.39 is 15.8 Å². The van der Waals surface area contributed by atoms with Crippen LogP contribution < -0.4 is 0 Å². The van der Waals surface area contributed by atoms with Crippen molar-refractivity contribution >= 4 is 10.0 Å².